The van der Waals surface area contributed by atoms with Gasteiger partial charge in [0.2, 0.25) is 0 Å². The van der Waals surface area contributed by atoms with Gasteiger partial charge in [0.1, 0.15) is 0 Å². The Balaban J connectivity index is 2.53. The molecule has 0 saturated carbocycles. The van der Waals surface area contributed by atoms with Crippen molar-refractivity contribution < 1.29 is 9.53 Å². The first-order chi connectivity index (χ1) is 10.0. The van der Waals surface area contributed by atoms with Crippen LogP contribution in [0.2, 0.25) is 0 Å². The molecule has 0 bridgehead atoms. The molecule has 0 aliphatic heterocycles. The lowest BCUT2D eigenvalue weighted by molar-refractivity contribution is 0.0601. The number of hydrogen-bond acceptors (Lipinski definition) is 2. The van der Waals surface area contributed by atoms with Crippen molar-refractivity contribution in [1.29, 1.82) is 0 Å². The summed E-state index contributed by atoms with van der Waals surface area (Å²) < 4.78 is 4.81. The Bertz CT molecular complexity index is 642. The van der Waals surface area contributed by atoms with Crippen LogP contribution in [0.25, 0.3) is 11.1 Å². The molecule has 2 aromatic rings. The van der Waals surface area contributed by atoms with Crippen LogP contribution in [0.4, 0.5) is 0 Å². The SMILES string of the molecule is COC(=O)c1cccc(-c2c(C)cccc2CC(C)C)c1. The molecule has 0 unspecified atom stereocenters. The van der Waals surface area contributed by atoms with Crippen molar-refractivity contribution in [2.45, 2.75) is 27.2 Å². The van der Waals surface area contributed by atoms with Crippen molar-refractivity contribution in [3.05, 3.63) is 59.2 Å². The van der Waals surface area contributed by atoms with E-state index in [1.807, 2.05) is 12.1 Å². The Morgan fingerprint density at radius 3 is 2.52 bits per heavy atom. The maximum Gasteiger partial charge on any atom is 0.337 e. The first-order valence-corrected chi connectivity index (χ1v) is 7.30. The van der Waals surface area contributed by atoms with Crippen LogP contribution in [-0.2, 0) is 11.2 Å². The summed E-state index contributed by atoms with van der Waals surface area (Å²) in [6, 6.07) is 14.1. The molecule has 2 rings (SSSR count). The highest BCUT2D eigenvalue weighted by molar-refractivity contribution is 5.91. The zero-order chi connectivity index (χ0) is 15.4. The topological polar surface area (TPSA) is 26.3 Å². The fraction of sp³-hybridized carbons (Fsp3) is 0.316. The molecule has 0 amide bonds. The smallest absolute Gasteiger partial charge is 0.337 e. The summed E-state index contributed by atoms with van der Waals surface area (Å²) in [4.78, 5) is 11.7. The zero-order valence-corrected chi connectivity index (χ0v) is 13.1. The lowest BCUT2D eigenvalue weighted by atomic mass is 9.90. The van der Waals surface area contributed by atoms with Crippen LogP contribution in [0.15, 0.2) is 42.5 Å². The molecule has 21 heavy (non-hydrogen) atoms. The van der Waals surface area contributed by atoms with E-state index < -0.39 is 0 Å². The molecule has 2 heteroatoms. The summed E-state index contributed by atoms with van der Waals surface area (Å²) in [5.41, 5.74) is 5.46. The predicted octanol–water partition coefficient (Wildman–Crippen LogP) is 4.65. The molecule has 0 aromatic heterocycles. The largest absolute Gasteiger partial charge is 0.465 e. The van der Waals surface area contributed by atoms with Gasteiger partial charge < -0.3 is 4.74 Å². The summed E-state index contributed by atoms with van der Waals surface area (Å²) in [5.74, 6) is 0.296. The summed E-state index contributed by atoms with van der Waals surface area (Å²) >= 11 is 0. The fourth-order valence-electron chi connectivity index (χ4n) is 2.67. The van der Waals surface area contributed by atoms with Gasteiger partial charge in [0, 0.05) is 0 Å². The normalized spacial score (nSPS) is 10.7. The standard InChI is InChI=1S/C19H22O2/c1-13(2)11-15-8-5-7-14(3)18(15)16-9-6-10-17(12-16)19(20)21-4/h5-10,12-13H,11H2,1-4H3. The zero-order valence-electron chi connectivity index (χ0n) is 13.1. The summed E-state index contributed by atoms with van der Waals surface area (Å²) in [5, 5.41) is 0. The Labute approximate surface area is 126 Å². The fourth-order valence-corrected chi connectivity index (χ4v) is 2.67. The average molecular weight is 282 g/mol. The number of hydrogen-bond donors (Lipinski definition) is 0. The van der Waals surface area contributed by atoms with Crippen LogP contribution in [0.5, 0.6) is 0 Å². The second kappa shape index (κ2) is 6.57. The maximum absolute atomic E-state index is 11.7. The summed E-state index contributed by atoms with van der Waals surface area (Å²) in [6.07, 6.45) is 1.03. The number of carbonyl (C=O) groups is 1. The van der Waals surface area contributed by atoms with E-state index in [1.54, 1.807) is 6.07 Å². The molecule has 0 fully saturated rings. The monoisotopic (exact) mass is 282 g/mol. The maximum atomic E-state index is 11.7. The second-order valence-electron chi connectivity index (χ2n) is 5.78. The van der Waals surface area contributed by atoms with Gasteiger partial charge in [0.25, 0.3) is 0 Å². The van der Waals surface area contributed by atoms with E-state index >= 15 is 0 Å². The van der Waals surface area contributed by atoms with Gasteiger partial charge in [-0.3, -0.25) is 0 Å². The van der Waals surface area contributed by atoms with E-state index in [1.165, 1.54) is 23.8 Å². The number of esters is 1. The van der Waals surface area contributed by atoms with Gasteiger partial charge in [-0.1, -0.05) is 44.2 Å². The van der Waals surface area contributed by atoms with E-state index in [-0.39, 0.29) is 5.97 Å². The van der Waals surface area contributed by atoms with Gasteiger partial charge >= 0.3 is 5.97 Å². The van der Waals surface area contributed by atoms with E-state index in [0.29, 0.717) is 11.5 Å². The van der Waals surface area contributed by atoms with Crippen molar-refractivity contribution in [2.75, 3.05) is 7.11 Å². The van der Waals surface area contributed by atoms with Gasteiger partial charge in [-0.25, -0.2) is 4.79 Å². The van der Waals surface area contributed by atoms with Crippen molar-refractivity contribution in [1.82, 2.24) is 0 Å². The number of methoxy groups -OCH3 is 1. The van der Waals surface area contributed by atoms with Gasteiger partial charge in [-0.05, 0) is 53.6 Å². The molecule has 0 spiro atoms. The molecule has 2 aromatic carbocycles. The lowest BCUT2D eigenvalue weighted by Gasteiger charge is -2.15. The third-order valence-electron chi connectivity index (χ3n) is 3.56. The number of benzene rings is 2. The molecule has 110 valence electrons. The first-order valence-electron chi connectivity index (χ1n) is 7.30. The first kappa shape index (κ1) is 15.3. The summed E-state index contributed by atoms with van der Waals surface area (Å²) in [6.45, 7) is 6.55. The molecule has 0 radical (unpaired) electrons. The highest BCUT2D eigenvalue weighted by Crippen LogP contribution is 2.30. The molecular weight excluding hydrogens is 260 g/mol. The molecule has 0 atom stereocenters. The molecule has 0 N–H and O–H groups in total. The van der Waals surface area contributed by atoms with Crippen LogP contribution >= 0.6 is 0 Å². The highest BCUT2D eigenvalue weighted by atomic mass is 16.5. The third kappa shape index (κ3) is 3.52. The van der Waals surface area contributed by atoms with Crippen molar-refractivity contribution >= 4 is 5.97 Å². The minimum Gasteiger partial charge on any atom is -0.465 e. The third-order valence-corrected chi connectivity index (χ3v) is 3.56. The van der Waals surface area contributed by atoms with Crippen molar-refractivity contribution in [2.24, 2.45) is 5.92 Å². The lowest BCUT2D eigenvalue weighted by Crippen LogP contribution is -2.02. The van der Waals surface area contributed by atoms with Crippen LogP contribution in [0.3, 0.4) is 0 Å². The van der Waals surface area contributed by atoms with Gasteiger partial charge in [0.05, 0.1) is 12.7 Å². The van der Waals surface area contributed by atoms with Gasteiger partial charge in [-0.15, -0.1) is 0 Å². The minimum atomic E-state index is -0.296. The van der Waals surface area contributed by atoms with E-state index in [9.17, 15) is 4.79 Å². The number of aryl methyl sites for hydroxylation is 1. The molecule has 2 nitrogen and oxygen atoms in total. The molecule has 0 heterocycles. The van der Waals surface area contributed by atoms with Crippen LogP contribution < -0.4 is 0 Å². The van der Waals surface area contributed by atoms with E-state index in [4.69, 9.17) is 4.74 Å². The highest BCUT2D eigenvalue weighted by Gasteiger charge is 2.12. The van der Waals surface area contributed by atoms with Crippen molar-refractivity contribution in [3.63, 3.8) is 0 Å². The van der Waals surface area contributed by atoms with Crippen LogP contribution in [0, 0.1) is 12.8 Å². The molecule has 0 aliphatic carbocycles. The number of carbonyl (C=O) groups excluding carboxylic acids is 1. The molecular formula is C19H22O2. The van der Waals surface area contributed by atoms with Gasteiger partial charge in [0.15, 0.2) is 0 Å². The Hall–Kier alpha value is -2.09. The van der Waals surface area contributed by atoms with Crippen LogP contribution in [0.1, 0.15) is 35.3 Å². The van der Waals surface area contributed by atoms with E-state index in [2.05, 4.69) is 45.0 Å². The summed E-state index contributed by atoms with van der Waals surface area (Å²) in [7, 11) is 1.41. The quantitative estimate of drug-likeness (QED) is 0.763. The minimum absolute atomic E-state index is 0.296. The number of rotatable bonds is 4. The average Bonchev–Trinajstić information content (AvgIpc) is 2.46. The Kier molecular flexibility index (Phi) is 4.79. The van der Waals surface area contributed by atoms with E-state index in [0.717, 1.165) is 12.0 Å². The second-order valence-corrected chi connectivity index (χ2v) is 5.78. The number of ether oxygens (including phenoxy) is 1. The van der Waals surface area contributed by atoms with Crippen molar-refractivity contribution in [3.8, 4) is 11.1 Å². The Morgan fingerprint density at radius 2 is 1.86 bits per heavy atom. The molecule has 0 saturated heterocycles. The Morgan fingerprint density at radius 1 is 1.14 bits per heavy atom. The predicted molar refractivity (Wildman–Crippen MR) is 86.5 cm³/mol. The molecule has 0 aliphatic rings. The van der Waals surface area contributed by atoms with Gasteiger partial charge in [-0.2, -0.15) is 0 Å². The van der Waals surface area contributed by atoms with Crippen LogP contribution in [-0.4, -0.2) is 13.1 Å².